The van der Waals surface area contributed by atoms with Crippen molar-refractivity contribution in [3.8, 4) is 22.8 Å². The van der Waals surface area contributed by atoms with Crippen LogP contribution >= 0.6 is 0 Å². The molecule has 1 N–H and O–H groups in total. The number of hydrogen-bond acceptors (Lipinski definition) is 6. The molecule has 1 heterocycles. The van der Waals surface area contributed by atoms with E-state index in [2.05, 4.69) is 5.16 Å². The molecule has 0 aliphatic rings. The number of aryl methyl sites for hydroxylation is 1. The predicted octanol–water partition coefficient (Wildman–Crippen LogP) is 6.50. The Morgan fingerprint density at radius 2 is 1.64 bits per heavy atom. The Morgan fingerprint density at radius 1 is 1.00 bits per heavy atom. The zero-order valence-corrected chi connectivity index (χ0v) is 19.6. The normalized spacial score (nSPS) is 10.6. The molecule has 0 saturated heterocycles. The summed E-state index contributed by atoms with van der Waals surface area (Å²) in [5.74, 6) is -0.179. The van der Waals surface area contributed by atoms with Crippen LogP contribution in [0.5, 0.6) is 11.5 Å². The SMILES string of the molecule is CCOC(=O)N(c1ccccc1F)c1c(C)noc1-c1ccc(Oc2ccc(CC(=O)O)cc2)cc1. The van der Waals surface area contributed by atoms with E-state index in [-0.39, 0.29) is 30.2 Å². The number of carboxylic acids is 1. The van der Waals surface area contributed by atoms with Crippen LogP contribution in [0.4, 0.5) is 20.6 Å². The first kappa shape index (κ1) is 24.5. The van der Waals surface area contributed by atoms with Gasteiger partial charge < -0.3 is 19.1 Å². The number of rotatable bonds is 8. The van der Waals surface area contributed by atoms with Crippen molar-refractivity contribution in [2.75, 3.05) is 11.5 Å². The van der Waals surface area contributed by atoms with Crippen LogP contribution in [0.15, 0.2) is 77.3 Å². The molecule has 8 nitrogen and oxygen atoms in total. The van der Waals surface area contributed by atoms with E-state index in [0.717, 1.165) is 4.90 Å². The maximum Gasteiger partial charge on any atom is 0.419 e. The highest BCUT2D eigenvalue weighted by molar-refractivity contribution is 6.00. The van der Waals surface area contributed by atoms with Crippen LogP contribution in [0.3, 0.4) is 0 Å². The van der Waals surface area contributed by atoms with Gasteiger partial charge in [-0.2, -0.15) is 0 Å². The van der Waals surface area contributed by atoms with Crippen molar-refractivity contribution in [2.45, 2.75) is 20.3 Å². The van der Waals surface area contributed by atoms with Crippen LogP contribution in [-0.2, 0) is 16.0 Å². The molecule has 1 aromatic heterocycles. The first-order valence-corrected chi connectivity index (χ1v) is 11.1. The molecule has 0 fully saturated rings. The largest absolute Gasteiger partial charge is 0.481 e. The first-order chi connectivity index (χ1) is 17.4. The van der Waals surface area contributed by atoms with E-state index in [9.17, 15) is 14.0 Å². The molecule has 4 aromatic rings. The van der Waals surface area contributed by atoms with Crippen LogP contribution in [0.2, 0.25) is 0 Å². The number of ether oxygens (including phenoxy) is 2. The summed E-state index contributed by atoms with van der Waals surface area (Å²) in [6.45, 7) is 3.42. The molecule has 0 unspecified atom stereocenters. The van der Waals surface area contributed by atoms with Gasteiger partial charge in [0.2, 0.25) is 0 Å². The number of para-hydroxylation sites is 1. The lowest BCUT2D eigenvalue weighted by molar-refractivity contribution is -0.136. The van der Waals surface area contributed by atoms with Crippen molar-refractivity contribution in [3.63, 3.8) is 0 Å². The van der Waals surface area contributed by atoms with E-state index in [0.29, 0.717) is 28.3 Å². The van der Waals surface area contributed by atoms with E-state index in [1.165, 1.54) is 18.2 Å². The van der Waals surface area contributed by atoms with Crippen molar-refractivity contribution in [1.82, 2.24) is 5.16 Å². The zero-order chi connectivity index (χ0) is 25.7. The molecular weight excluding hydrogens is 467 g/mol. The highest BCUT2D eigenvalue weighted by Crippen LogP contribution is 2.40. The zero-order valence-electron chi connectivity index (χ0n) is 19.6. The van der Waals surface area contributed by atoms with Gasteiger partial charge in [0.1, 0.15) is 28.7 Å². The molecule has 3 aromatic carbocycles. The Hall–Kier alpha value is -4.66. The smallest absolute Gasteiger partial charge is 0.419 e. The van der Waals surface area contributed by atoms with E-state index in [4.69, 9.17) is 19.1 Å². The predicted molar refractivity (Wildman–Crippen MR) is 130 cm³/mol. The molecule has 0 radical (unpaired) electrons. The maximum absolute atomic E-state index is 14.7. The number of hydrogen-bond donors (Lipinski definition) is 1. The van der Waals surface area contributed by atoms with Gasteiger partial charge >= 0.3 is 12.1 Å². The molecule has 0 atom stereocenters. The van der Waals surface area contributed by atoms with Gasteiger partial charge in [0.15, 0.2) is 5.76 Å². The van der Waals surface area contributed by atoms with Crippen molar-refractivity contribution >= 4 is 23.4 Å². The van der Waals surface area contributed by atoms with E-state index >= 15 is 0 Å². The lowest BCUT2D eigenvalue weighted by atomic mass is 10.1. The molecule has 4 rings (SSSR count). The minimum absolute atomic E-state index is 0.00907. The van der Waals surface area contributed by atoms with Gasteiger partial charge in [-0.05, 0) is 67.9 Å². The molecular formula is C27H23FN2O6. The minimum Gasteiger partial charge on any atom is -0.481 e. The fourth-order valence-corrected chi connectivity index (χ4v) is 3.61. The summed E-state index contributed by atoms with van der Waals surface area (Å²) in [5, 5.41) is 12.9. The molecule has 9 heteroatoms. The van der Waals surface area contributed by atoms with Gasteiger partial charge in [0.05, 0.1) is 18.7 Å². The number of benzene rings is 3. The Labute approximate surface area is 206 Å². The number of carbonyl (C=O) groups is 2. The Balaban J connectivity index is 1.63. The van der Waals surface area contributed by atoms with E-state index in [1.54, 1.807) is 68.4 Å². The standard InChI is InChI=1S/C27H23FN2O6/c1-3-34-27(33)30(23-7-5-4-6-22(23)28)25-17(2)29-36-26(25)19-10-14-21(15-11-19)35-20-12-8-18(9-13-20)16-24(31)32/h4-15H,3,16H2,1-2H3,(H,31,32). The second-order valence-corrected chi connectivity index (χ2v) is 7.77. The Kier molecular flexibility index (Phi) is 7.29. The number of halogens is 1. The maximum atomic E-state index is 14.7. The fraction of sp³-hybridized carbons (Fsp3) is 0.148. The highest BCUT2D eigenvalue weighted by atomic mass is 19.1. The molecule has 1 amide bonds. The first-order valence-electron chi connectivity index (χ1n) is 11.1. The molecule has 0 spiro atoms. The minimum atomic E-state index is -0.905. The van der Waals surface area contributed by atoms with Gasteiger partial charge in [-0.1, -0.05) is 29.4 Å². The van der Waals surface area contributed by atoms with Gasteiger partial charge in [0, 0.05) is 5.56 Å². The number of anilines is 2. The van der Waals surface area contributed by atoms with Gasteiger partial charge in [0.25, 0.3) is 0 Å². The lowest BCUT2D eigenvalue weighted by Crippen LogP contribution is -2.28. The summed E-state index contributed by atoms with van der Waals surface area (Å²) in [6.07, 6.45) is -0.828. The summed E-state index contributed by atoms with van der Waals surface area (Å²) >= 11 is 0. The molecule has 0 saturated carbocycles. The van der Waals surface area contributed by atoms with Gasteiger partial charge in [-0.3, -0.25) is 4.79 Å². The molecule has 0 bridgehead atoms. The summed E-state index contributed by atoms with van der Waals surface area (Å²) in [7, 11) is 0. The number of carboxylic acid groups (broad SMARTS) is 1. The number of aromatic nitrogens is 1. The number of carbonyl (C=O) groups excluding carboxylic acids is 1. The Morgan fingerprint density at radius 3 is 2.25 bits per heavy atom. The second-order valence-electron chi connectivity index (χ2n) is 7.77. The average molecular weight is 490 g/mol. The second kappa shape index (κ2) is 10.7. The van der Waals surface area contributed by atoms with Gasteiger partial charge in [-0.25, -0.2) is 14.1 Å². The van der Waals surface area contributed by atoms with Crippen molar-refractivity contribution in [1.29, 1.82) is 0 Å². The monoisotopic (exact) mass is 490 g/mol. The number of amides is 1. The summed E-state index contributed by atoms with van der Waals surface area (Å²) in [5.41, 5.74) is 1.90. The topological polar surface area (TPSA) is 102 Å². The molecule has 0 aliphatic heterocycles. The average Bonchev–Trinajstić information content (AvgIpc) is 3.23. The van der Waals surface area contributed by atoms with Crippen molar-refractivity contribution in [3.05, 3.63) is 89.9 Å². The summed E-state index contributed by atoms with van der Waals surface area (Å²) in [6, 6.07) is 19.5. The van der Waals surface area contributed by atoms with E-state index < -0.39 is 17.9 Å². The van der Waals surface area contributed by atoms with Crippen molar-refractivity contribution < 1.29 is 33.1 Å². The summed E-state index contributed by atoms with van der Waals surface area (Å²) < 4.78 is 31.3. The van der Waals surface area contributed by atoms with Crippen LogP contribution < -0.4 is 9.64 Å². The lowest BCUT2D eigenvalue weighted by Gasteiger charge is -2.22. The number of aliphatic carboxylic acids is 1. The van der Waals surface area contributed by atoms with E-state index in [1.807, 2.05) is 0 Å². The highest BCUT2D eigenvalue weighted by Gasteiger charge is 2.30. The third-order valence-electron chi connectivity index (χ3n) is 5.23. The number of nitrogens with zero attached hydrogens (tertiary/aromatic N) is 2. The molecule has 184 valence electrons. The third-order valence-corrected chi connectivity index (χ3v) is 5.23. The molecule has 0 aliphatic carbocycles. The van der Waals surface area contributed by atoms with Crippen LogP contribution in [0, 0.1) is 12.7 Å². The Bertz CT molecular complexity index is 1370. The van der Waals surface area contributed by atoms with Crippen molar-refractivity contribution in [2.24, 2.45) is 0 Å². The summed E-state index contributed by atoms with van der Waals surface area (Å²) in [4.78, 5) is 24.8. The fourth-order valence-electron chi connectivity index (χ4n) is 3.61. The van der Waals surface area contributed by atoms with Crippen LogP contribution in [-0.4, -0.2) is 28.9 Å². The van der Waals surface area contributed by atoms with Crippen LogP contribution in [0.25, 0.3) is 11.3 Å². The quantitative estimate of drug-likeness (QED) is 0.301. The van der Waals surface area contributed by atoms with Gasteiger partial charge in [-0.15, -0.1) is 0 Å². The van der Waals surface area contributed by atoms with Crippen LogP contribution in [0.1, 0.15) is 18.2 Å². The third kappa shape index (κ3) is 5.35. The molecule has 36 heavy (non-hydrogen) atoms.